The third-order valence-corrected chi connectivity index (χ3v) is 4.17. The van der Waals surface area contributed by atoms with Gasteiger partial charge in [-0.15, -0.1) is 0 Å². The smallest absolute Gasteiger partial charge is 0.245 e. The molecule has 6 heteroatoms. The van der Waals surface area contributed by atoms with Crippen LogP contribution in [0, 0.1) is 5.82 Å². The highest BCUT2D eigenvalue weighted by atomic mass is 32.2. The van der Waals surface area contributed by atoms with E-state index in [1.165, 1.54) is 25.2 Å². The summed E-state index contributed by atoms with van der Waals surface area (Å²) in [6.07, 6.45) is 0. The lowest BCUT2D eigenvalue weighted by Gasteiger charge is -2.17. The maximum atomic E-state index is 13.4. The highest BCUT2D eigenvalue weighted by Crippen LogP contribution is 2.17. The van der Waals surface area contributed by atoms with Crippen LogP contribution in [0.3, 0.4) is 0 Å². The molecule has 1 aromatic rings. The largest absolute Gasteiger partial charge is 0.380 e. The molecule has 0 aliphatic carbocycles. The van der Waals surface area contributed by atoms with Crippen LogP contribution >= 0.6 is 0 Å². The molecule has 0 N–H and O–H groups in total. The fourth-order valence-corrected chi connectivity index (χ4v) is 2.50. The Morgan fingerprint density at radius 2 is 2.00 bits per heavy atom. The Kier molecular flexibility index (Phi) is 5.04. The molecule has 0 heterocycles. The van der Waals surface area contributed by atoms with E-state index in [-0.39, 0.29) is 11.4 Å². The Hall–Kier alpha value is -0.980. The molecule has 0 spiro atoms. The number of hydrogen-bond donors (Lipinski definition) is 0. The topological polar surface area (TPSA) is 46.6 Å². The molecule has 0 amide bonds. The minimum Gasteiger partial charge on any atom is -0.380 e. The van der Waals surface area contributed by atoms with E-state index in [1.807, 2.05) is 6.92 Å². The lowest BCUT2D eigenvalue weighted by molar-refractivity contribution is 0.138. The van der Waals surface area contributed by atoms with Gasteiger partial charge in [-0.2, -0.15) is 4.31 Å². The molecule has 0 aromatic heterocycles. The van der Waals surface area contributed by atoms with Gasteiger partial charge in [-0.1, -0.05) is 12.1 Å². The molecular weight excluding hydrogens is 245 g/mol. The molecule has 0 aliphatic rings. The molecule has 17 heavy (non-hydrogen) atoms. The summed E-state index contributed by atoms with van der Waals surface area (Å²) in [5.41, 5.74) is 0. The van der Waals surface area contributed by atoms with E-state index >= 15 is 0 Å². The zero-order chi connectivity index (χ0) is 12.9. The van der Waals surface area contributed by atoms with Crippen molar-refractivity contribution in [2.75, 3.05) is 26.8 Å². The van der Waals surface area contributed by atoms with E-state index < -0.39 is 15.8 Å². The van der Waals surface area contributed by atoms with E-state index in [0.29, 0.717) is 13.2 Å². The van der Waals surface area contributed by atoms with E-state index in [9.17, 15) is 12.8 Å². The molecule has 0 saturated carbocycles. The number of hydrogen-bond acceptors (Lipinski definition) is 3. The predicted molar refractivity (Wildman–Crippen MR) is 62.7 cm³/mol. The Morgan fingerprint density at radius 3 is 2.59 bits per heavy atom. The van der Waals surface area contributed by atoms with Crippen LogP contribution in [0.5, 0.6) is 0 Å². The standard InChI is InChI=1S/C11H16FNO3S/c1-3-16-9-8-13(2)17(14,15)11-7-5-4-6-10(11)12/h4-7H,3,8-9H2,1-2H3. The minimum absolute atomic E-state index is 0.199. The first kappa shape index (κ1) is 14.1. The lowest BCUT2D eigenvalue weighted by atomic mass is 10.4. The van der Waals surface area contributed by atoms with Crippen LogP contribution in [0.15, 0.2) is 29.2 Å². The molecule has 0 bridgehead atoms. The summed E-state index contributed by atoms with van der Waals surface area (Å²) in [4.78, 5) is -0.306. The molecular formula is C11H16FNO3S. The molecule has 0 saturated heterocycles. The van der Waals surface area contributed by atoms with Crippen LogP contribution in [0.2, 0.25) is 0 Å². The van der Waals surface area contributed by atoms with Crippen molar-refractivity contribution in [3.05, 3.63) is 30.1 Å². The number of rotatable bonds is 6. The second kappa shape index (κ2) is 6.09. The zero-order valence-corrected chi connectivity index (χ0v) is 10.7. The van der Waals surface area contributed by atoms with Crippen molar-refractivity contribution in [1.82, 2.24) is 4.31 Å². The van der Waals surface area contributed by atoms with Crippen molar-refractivity contribution in [1.29, 1.82) is 0 Å². The molecule has 4 nitrogen and oxygen atoms in total. The monoisotopic (exact) mass is 261 g/mol. The van der Waals surface area contributed by atoms with Gasteiger partial charge in [0.25, 0.3) is 0 Å². The van der Waals surface area contributed by atoms with Crippen molar-refractivity contribution < 1.29 is 17.5 Å². The lowest BCUT2D eigenvalue weighted by Crippen LogP contribution is -2.30. The Morgan fingerprint density at radius 1 is 1.35 bits per heavy atom. The molecule has 0 atom stereocenters. The van der Waals surface area contributed by atoms with E-state index in [0.717, 1.165) is 10.4 Å². The van der Waals surface area contributed by atoms with E-state index in [1.54, 1.807) is 0 Å². The number of likely N-dealkylation sites (N-methyl/N-ethyl adjacent to an activating group) is 1. The van der Waals surface area contributed by atoms with Gasteiger partial charge in [-0.25, -0.2) is 12.8 Å². The van der Waals surface area contributed by atoms with Gasteiger partial charge in [-0.05, 0) is 19.1 Å². The highest BCUT2D eigenvalue weighted by Gasteiger charge is 2.23. The van der Waals surface area contributed by atoms with Crippen molar-refractivity contribution in [3.63, 3.8) is 0 Å². The summed E-state index contributed by atoms with van der Waals surface area (Å²) in [7, 11) is -2.37. The van der Waals surface area contributed by atoms with Crippen molar-refractivity contribution in [2.45, 2.75) is 11.8 Å². The molecule has 1 rings (SSSR count). The molecule has 0 radical (unpaired) electrons. The van der Waals surface area contributed by atoms with Gasteiger partial charge in [0.1, 0.15) is 10.7 Å². The fraction of sp³-hybridized carbons (Fsp3) is 0.455. The fourth-order valence-electron chi connectivity index (χ4n) is 1.28. The third-order valence-electron chi connectivity index (χ3n) is 2.28. The first-order chi connectivity index (χ1) is 8.00. The van der Waals surface area contributed by atoms with Crippen LogP contribution in [-0.4, -0.2) is 39.5 Å². The van der Waals surface area contributed by atoms with Gasteiger partial charge < -0.3 is 4.74 Å². The number of halogens is 1. The Bertz CT molecular complexity index is 462. The summed E-state index contributed by atoms with van der Waals surface area (Å²) in [6.45, 7) is 2.84. The van der Waals surface area contributed by atoms with Crippen LogP contribution in [-0.2, 0) is 14.8 Å². The first-order valence-electron chi connectivity index (χ1n) is 5.28. The van der Waals surface area contributed by atoms with Crippen molar-refractivity contribution in [2.24, 2.45) is 0 Å². The van der Waals surface area contributed by atoms with Gasteiger partial charge in [0.05, 0.1) is 6.61 Å². The zero-order valence-electron chi connectivity index (χ0n) is 9.89. The van der Waals surface area contributed by atoms with Gasteiger partial charge in [0.2, 0.25) is 10.0 Å². The average molecular weight is 261 g/mol. The molecule has 0 unspecified atom stereocenters. The SMILES string of the molecule is CCOCCN(C)S(=O)(=O)c1ccccc1F. The summed E-state index contributed by atoms with van der Waals surface area (Å²) < 4.78 is 43.5. The summed E-state index contributed by atoms with van der Waals surface area (Å²) in [5, 5.41) is 0. The quantitative estimate of drug-likeness (QED) is 0.729. The van der Waals surface area contributed by atoms with Crippen molar-refractivity contribution in [3.8, 4) is 0 Å². The summed E-state index contributed by atoms with van der Waals surface area (Å²) in [5.74, 6) is -0.740. The number of nitrogens with zero attached hydrogens (tertiary/aromatic N) is 1. The maximum Gasteiger partial charge on any atom is 0.245 e. The van der Waals surface area contributed by atoms with E-state index in [2.05, 4.69) is 0 Å². The molecule has 96 valence electrons. The van der Waals surface area contributed by atoms with Crippen molar-refractivity contribution >= 4 is 10.0 Å². The van der Waals surface area contributed by atoms with Crippen LogP contribution < -0.4 is 0 Å². The number of sulfonamides is 1. The normalized spacial score (nSPS) is 12.0. The van der Waals surface area contributed by atoms with Crippen LogP contribution in [0.1, 0.15) is 6.92 Å². The predicted octanol–water partition coefficient (Wildman–Crippen LogP) is 1.48. The second-order valence-corrected chi connectivity index (χ2v) is 5.47. The summed E-state index contributed by atoms with van der Waals surface area (Å²) in [6, 6.07) is 5.33. The number of benzene rings is 1. The van der Waals surface area contributed by atoms with Gasteiger partial charge >= 0.3 is 0 Å². The molecule has 0 fully saturated rings. The van der Waals surface area contributed by atoms with Crippen LogP contribution in [0.25, 0.3) is 0 Å². The average Bonchev–Trinajstić information content (AvgIpc) is 2.29. The molecule has 1 aromatic carbocycles. The molecule has 0 aliphatic heterocycles. The Balaban J connectivity index is 2.85. The minimum atomic E-state index is -3.77. The highest BCUT2D eigenvalue weighted by molar-refractivity contribution is 7.89. The Labute approximate surface area is 101 Å². The summed E-state index contributed by atoms with van der Waals surface area (Å²) >= 11 is 0. The first-order valence-corrected chi connectivity index (χ1v) is 6.72. The van der Waals surface area contributed by atoms with Gasteiger partial charge in [0.15, 0.2) is 0 Å². The maximum absolute atomic E-state index is 13.4. The third kappa shape index (κ3) is 3.49. The number of ether oxygens (including phenoxy) is 1. The second-order valence-electron chi connectivity index (χ2n) is 3.45. The van der Waals surface area contributed by atoms with Crippen LogP contribution in [0.4, 0.5) is 4.39 Å². The van der Waals surface area contributed by atoms with E-state index in [4.69, 9.17) is 4.74 Å². The van der Waals surface area contributed by atoms with Gasteiger partial charge in [0, 0.05) is 20.2 Å². The van der Waals surface area contributed by atoms with Gasteiger partial charge in [-0.3, -0.25) is 0 Å².